The van der Waals surface area contributed by atoms with E-state index in [1.54, 1.807) is 41.3 Å². The number of rotatable bonds is 9. The van der Waals surface area contributed by atoms with Crippen LogP contribution in [-0.2, 0) is 16.7 Å². The molecule has 8 heteroatoms. The molecule has 1 unspecified atom stereocenters. The first-order chi connectivity index (χ1) is 13.7. The lowest BCUT2D eigenvalue weighted by Gasteiger charge is -2.29. The second-order valence-electron chi connectivity index (χ2n) is 6.66. The molecule has 29 heavy (non-hydrogen) atoms. The van der Waals surface area contributed by atoms with E-state index in [4.69, 9.17) is 13.7 Å². The van der Waals surface area contributed by atoms with Gasteiger partial charge in [-0.05, 0) is 43.2 Å². The molecule has 0 fully saturated rings. The normalized spacial score (nSPS) is 12.2. The van der Waals surface area contributed by atoms with Crippen LogP contribution in [0.25, 0.3) is 0 Å². The highest BCUT2D eigenvalue weighted by molar-refractivity contribution is 7.86. The minimum atomic E-state index is -3.72. The summed E-state index contributed by atoms with van der Waals surface area (Å²) in [6.07, 6.45) is 1.72. The molecule has 0 saturated carbocycles. The number of benzene rings is 2. The predicted octanol–water partition coefficient (Wildman–Crippen LogP) is 3.48. The molecule has 0 aliphatic heterocycles. The lowest BCUT2D eigenvalue weighted by atomic mass is 10.1. The Morgan fingerprint density at radius 1 is 1.03 bits per heavy atom. The van der Waals surface area contributed by atoms with Crippen LogP contribution in [0.3, 0.4) is 0 Å². The van der Waals surface area contributed by atoms with Crippen LogP contribution in [0, 0.1) is 0 Å². The van der Waals surface area contributed by atoms with Crippen LogP contribution in [0.1, 0.15) is 36.2 Å². The van der Waals surface area contributed by atoms with Crippen LogP contribution in [0.2, 0.25) is 0 Å². The SMILES string of the molecule is CCC(C)N(Cc1ccc(OC)c(OS(C)(=O)=O)c1)C(=O)c1ccccc1OC. The molecule has 0 saturated heterocycles. The van der Waals surface area contributed by atoms with E-state index in [1.165, 1.54) is 14.2 Å². The highest BCUT2D eigenvalue weighted by atomic mass is 32.2. The average Bonchev–Trinajstić information content (AvgIpc) is 2.69. The number of carbonyl (C=O) groups is 1. The Hall–Kier alpha value is -2.74. The first kappa shape index (κ1) is 22.5. The van der Waals surface area contributed by atoms with Crippen LogP contribution in [0.5, 0.6) is 17.2 Å². The van der Waals surface area contributed by atoms with Gasteiger partial charge in [-0.25, -0.2) is 0 Å². The van der Waals surface area contributed by atoms with Crippen molar-refractivity contribution in [2.75, 3.05) is 20.5 Å². The number of amides is 1. The summed E-state index contributed by atoms with van der Waals surface area (Å²) in [7, 11) is -0.764. The van der Waals surface area contributed by atoms with Crippen molar-refractivity contribution in [3.05, 3.63) is 53.6 Å². The standard InChI is InChI=1S/C21H27NO6S/c1-6-15(2)22(21(23)17-9-7-8-10-18(17)26-3)14-16-11-12-19(27-4)20(13-16)28-29(5,24)25/h7-13,15H,6,14H2,1-5H3. The van der Waals surface area contributed by atoms with Gasteiger partial charge < -0.3 is 18.6 Å². The summed E-state index contributed by atoms with van der Waals surface area (Å²) in [5.41, 5.74) is 1.18. The third kappa shape index (κ3) is 5.87. The van der Waals surface area contributed by atoms with Crippen molar-refractivity contribution in [3.63, 3.8) is 0 Å². The zero-order valence-electron chi connectivity index (χ0n) is 17.3. The minimum absolute atomic E-state index is 0.0474. The van der Waals surface area contributed by atoms with Crippen molar-refractivity contribution in [2.45, 2.75) is 32.9 Å². The van der Waals surface area contributed by atoms with E-state index >= 15 is 0 Å². The Morgan fingerprint density at radius 2 is 1.69 bits per heavy atom. The van der Waals surface area contributed by atoms with Gasteiger partial charge in [0.2, 0.25) is 0 Å². The van der Waals surface area contributed by atoms with Crippen molar-refractivity contribution in [1.29, 1.82) is 0 Å². The third-order valence-electron chi connectivity index (χ3n) is 4.54. The van der Waals surface area contributed by atoms with E-state index < -0.39 is 10.1 Å². The second-order valence-corrected chi connectivity index (χ2v) is 8.24. The minimum Gasteiger partial charge on any atom is -0.496 e. The highest BCUT2D eigenvalue weighted by Crippen LogP contribution is 2.30. The molecule has 0 aromatic heterocycles. The van der Waals surface area contributed by atoms with Crippen LogP contribution in [0.4, 0.5) is 0 Å². The zero-order valence-corrected chi connectivity index (χ0v) is 18.2. The first-order valence-corrected chi connectivity index (χ1v) is 11.0. The molecule has 2 aromatic rings. The average molecular weight is 422 g/mol. The van der Waals surface area contributed by atoms with Crippen molar-refractivity contribution in [1.82, 2.24) is 4.90 Å². The topological polar surface area (TPSA) is 82.1 Å². The third-order valence-corrected chi connectivity index (χ3v) is 5.03. The van der Waals surface area contributed by atoms with Gasteiger partial charge in [0.1, 0.15) is 5.75 Å². The van der Waals surface area contributed by atoms with Gasteiger partial charge >= 0.3 is 10.1 Å². The van der Waals surface area contributed by atoms with Crippen LogP contribution < -0.4 is 13.7 Å². The van der Waals surface area contributed by atoms with Crippen LogP contribution in [-0.4, -0.2) is 45.7 Å². The molecular formula is C21H27NO6S. The van der Waals surface area contributed by atoms with Crippen LogP contribution >= 0.6 is 0 Å². The van der Waals surface area contributed by atoms with Crippen LogP contribution in [0.15, 0.2) is 42.5 Å². The van der Waals surface area contributed by atoms with Gasteiger partial charge in [0, 0.05) is 12.6 Å². The summed E-state index contributed by atoms with van der Waals surface area (Å²) in [6.45, 7) is 4.24. The van der Waals surface area contributed by atoms with E-state index in [2.05, 4.69) is 0 Å². The molecule has 0 heterocycles. The Morgan fingerprint density at radius 3 is 2.28 bits per heavy atom. The number of carbonyl (C=O) groups excluding carboxylic acids is 1. The molecule has 2 rings (SSSR count). The molecule has 158 valence electrons. The fraction of sp³-hybridized carbons (Fsp3) is 0.381. The number of methoxy groups -OCH3 is 2. The Bertz CT molecular complexity index is 957. The van der Waals surface area contributed by atoms with Crippen molar-refractivity contribution in [3.8, 4) is 17.2 Å². The van der Waals surface area contributed by atoms with Gasteiger partial charge in [0.05, 0.1) is 26.0 Å². The molecule has 1 amide bonds. The van der Waals surface area contributed by atoms with Gasteiger partial charge in [-0.2, -0.15) is 8.42 Å². The summed E-state index contributed by atoms with van der Waals surface area (Å²) >= 11 is 0. The van der Waals surface area contributed by atoms with Crippen molar-refractivity contribution in [2.24, 2.45) is 0 Å². The molecule has 0 bridgehead atoms. The molecule has 0 spiro atoms. The Labute approximate surface area is 172 Å². The molecule has 0 radical (unpaired) electrons. The summed E-state index contributed by atoms with van der Waals surface area (Å²) in [6, 6.07) is 12.0. The molecule has 7 nitrogen and oxygen atoms in total. The Balaban J connectivity index is 2.40. The molecule has 0 N–H and O–H groups in total. The van der Waals surface area contributed by atoms with E-state index in [-0.39, 0.29) is 24.2 Å². The number of para-hydroxylation sites is 1. The van der Waals surface area contributed by atoms with Gasteiger partial charge in [0.15, 0.2) is 11.5 Å². The van der Waals surface area contributed by atoms with Crippen molar-refractivity contribution < 1.29 is 26.9 Å². The maximum absolute atomic E-state index is 13.3. The first-order valence-electron chi connectivity index (χ1n) is 9.20. The molecular weight excluding hydrogens is 394 g/mol. The number of nitrogens with zero attached hydrogens (tertiary/aromatic N) is 1. The predicted molar refractivity (Wildman–Crippen MR) is 111 cm³/mol. The molecule has 2 aromatic carbocycles. The fourth-order valence-electron chi connectivity index (χ4n) is 2.87. The quantitative estimate of drug-likeness (QED) is 0.577. The highest BCUT2D eigenvalue weighted by Gasteiger charge is 2.24. The maximum atomic E-state index is 13.3. The molecule has 0 aliphatic carbocycles. The lowest BCUT2D eigenvalue weighted by Crippen LogP contribution is -2.38. The van der Waals surface area contributed by atoms with E-state index in [0.29, 0.717) is 22.6 Å². The van der Waals surface area contributed by atoms with Gasteiger partial charge in [-0.3, -0.25) is 4.79 Å². The van der Waals surface area contributed by atoms with Gasteiger partial charge in [-0.1, -0.05) is 25.1 Å². The zero-order chi connectivity index (χ0) is 21.6. The number of ether oxygens (including phenoxy) is 2. The fourth-order valence-corrected chi connectivity index (χ4v) is 3.33. The number of hydrogen-bond acceptors (Lipinski definition) is 6. The van der Waals surface area contributed by atoms with E-state index in [1.807, 2.05) is 19.9 Å². The summed E-state index contributed by atoms with van der Waals surface area (Å²) in [5, 5.41) is 0. The largest absolute Gasteiger partial charge is 0.496 e. The summed E-state index contributed by atoms with van der Waals surface area (Å²) in [5.74, 6) is 0.714. The molecule has 0 aliphatic rings. The van der Waals surface area contributed by atoms with E-state index in [0.717, 1.165) is 12.7 Å². The lowest BCUT2D eigenvalue weighted by molar-refractivity contribution is 0.0668. The Kier molecular flexibility index (Phi) is 7.50. The van der Waals surface area contributed by atoms with Gasteiger partial charge in [-0.15, -0.1) is 0 Å². The summed E-state index contributed by atoms with van der Waals surface area (Å²) < 4.78 is 38.7. The smallest absolute Gasteiger partial charge is 0.306 e. The van der Waals surface area contributed by atoms with E-state index in [9.17, 15) is 13.2 Å². The second kappa shape index (κ2) is 9.65. The number of hydrogen-bond donors (Lipinski definition) is 0. The maximum Gasteiger partial charge on any atom is 0.306 e. The molecule has 1 atom stereocenters. The van der Waals surface area contributed by atoms with Gasteiger partial charge in [0.25, 0.3) is 5.91 Å². The van der Waals surface area contributed by atoms with Crippen molar-refractivity contribution >= 4 is 16.0 Å². The summed E-state index contributed by atoms with van der Waals surface area (Å²) in [4.78, 5) is 15.0. The monoisotopic (exact) mass is 421 g/mol.